The lowest BCUT2D eigenvalue weighted by atomic mass is 10.3. The summed E-state index contributed by atoms with van der Waals surface area (Å²) in [7, 11) is 1.47. The van der Waals surface area contributed by atoms with Crippen LogP contribution in [-0.4, -0.2) is 17.0 Å². The van der Waals surface area contributed by atoms with Gasteiger partial charge in [0, 0.05) is 16.7 Å². The molecule has 1 N–H and O–H groups in total. The average molecular weight is 395 g/mol. The molecule has 0 bridgehead atoms. The number of ether oxygens (including phenoxy) is 1. The van der Waals surface area contributed by atoms with Crippen LogP contribution >= 0.6 is 22.6 Å². The van der Waals surface area contributed by atoms with Crippen LogP contribution in [0.5, 0.6) is 11.6 Å². The molecule has 0 saturated heterocycles. The van der Waals surface area contributed by atoms with Crippen molar-refractivity contribution >= 4 is 28.4 Å². The van der Waals surface area contributed by atoms with Crippen LogP contribution in [0.25, 0.3) is 0 Å². The van der Waals surface area contributed by atoms with E-state index in [1.54, 1.807) is 18.2 Å². The molecule has 2 rings (SSSR count). The van der Waals surface area contributed by atoms with Gasteiger partial charge in [-0.05, 0) is 40.8 Å². The van der Waals surface area contributed by atoms with Gasteiger partial charge >= 0.3 is 6.18 Å². The standard InChI is InChI=1S/C12H9F3IN3O/c1-17-9-6-10(19-11(18-9)12(13,14)15)20-8-4-2-3-7(16)5-8/h2-6H,1H3,(H,17,18,19). The van der Waals surface area contributed by atoms with E-state index in [4.69, 9.17) is 4.74 Å². The Balaban J connectivity index is 2.36. The van der Waals surface area contributed by atoms with Gasteiger partial charge in [0.2, 0.25) is 11.7 Å². The molecule has 0 aliphatic rings. The lowest BCUT2D eigenvalue weighted by Gasteiger charge is -2.10. The zero-order valence-electron chi connectivity index (χ0n) is 10.2. The third-order valence-electron chi connectivity index (χ3n) is 2.23. The highest BCUT2D eigenvalue weighted by Gasteiger charge is 2.35. The van der Waals surface area contributed by atoms with Gasteiger partial charge in [-0.2, -0.15) is 18.2 Å². The number of hydrogen-bond acceptors (Lipinski definition) is 4. The number of alkyl halides is 3. The number of hydrogen-bond donors (Lipinski definition) is 1. The zero-order chi connectivity index (χ0) is 14.8. The molecule has 1 aromatic heterocycles. The smallest absolute Gasteiger partial charge is 0.439 e. The van der Waals surface area contributed by atoms with Gasteiger partial charge < -0.3 is 10.1 Å². The number of anilines is 1. The van der Waals surface area contributed by atoms with Crippen LogP contribution in [0.1, 0.15) is 5.82 Å². The summed E-state index contributed by atoms with van der Waals surface area (Å²) in [5, 5.41) is 2.54. The van der Waals surface area contributed by atoms with E-state index >= 15 is 0 Å². The lowest BCUT2D eigenvalue weighted by Crippen LogP contribution is -2.12. The van der Waals surface area contributed by atoms with Crippen molar-refractivity contribution in [3.8, 4) is 11.6 Å². The van der Waals surface area contributed by atoms with Gasteiger partial charge in [0.15, 0.2) is 0 Å². The summed E-state index contributed by atoms with van der Waals surface area (Å²) in [6, 6.07) is 8.20. The SMILES string of the molecule is CNc1cc(Oc2cccc(I)c2)nc(C(F)(F)F)n1. The fourth-order valence-electron chi connectivity index (χ4n) is 1.38. The monoisotopic (exact) mass is 395 g/mol. The maximum absolute atomic E-state index is 12.7. The first-order valence-electron chi connectivity index (χ1n) is 5.46. The fourth-order valence-corrected chi connectivity index (χ4v) is 1.90. The van der Waals surface area contributed by atoms with Gasteiger partial charge in [-0.3, -0.25) is 0 Å². The van der Waals surface area contributed by atoms with Crippen molar-refractivity contribution in [3.05, 3.63) is 39.7 Å². The number of benzene rings is 1. The maximum atomic E-state index is 12.7. The normalized spacial score (nSPS) is 11.2. The first kappa shape index (κ1) is 14.8. The predicted molar refractivity (Wildman–Crippen MR) is 75.8 cm³/mol. The molecule has 106 valence electrons. The van der Waals surface area contributed by atoms with Crippen molar-refractivity contribution in [1.82, 2.24) is 9.97 Å². The Hall–Kier alpha value is -1.58. The molecule has 0 fully saturated rings. The van der Waals surface area contributed by atoms with E-state index in [0.29, 0.717) is 5.75 Å². The van der Waals surface area contributed by atoms with Gasteiger partial charge in [-0.25, -0.2) is 4.98 Å². The third kappa shape index (κ3) is 3.71. The van der Waals surface area contributed by atoms with Crippen LogP contribution in [0.15, 0.2) is 30.3 Å². The summed E-state index contributed by atoms with van der Waals surface area (Å²) < 4.78 is 44.3. The zero-order valence-corrected chi connectivity index (χ0v) is 12.4. The minimum Gasteiger partial charge on any atom is -0.439 e. The van der Waals surface area contributed by atoms with Crippen molar-refractivity contribution in [3.63, 3.8) is 0 Å². The summed E-state index contributed by atoms with van der Waals surface area (Å²) in [5.74, 6) is -0.970. The van der Waals surface area contributed by atoms with E-state index in [1.807, 2.05) is 6.07 Å². The van der Waals surface area contributed by atoms with Gasteiger partial charge in [0.05, 0.1) is 0 Å². The van der Waals surface area contributed by atoms with E-state index in [1.165, 1.54) is 13.1 Å². The molecule has 4 nitrogen and oxygen atoms in total. The Bertz CT molecular complexity index is 619. The molecule has 0 aliphatic carbocycles. The molecule has 0 atom stereocenters. The summed E-state index contributed by atoms with van der Waals surface area (Å²) in [6.07, 6.45) is -4.63. The van der Waals surface area contributed by atoms with Crippen LogP contribution in [0, 0.1) is 3.57 Å². The first-order chi connectivity index (χ1) is 9.38. The summed E-state index contributed by atoms with van der Waals surface area (Å²) in [5.41, 5.74) is 0. The molecular formula is C12H9F3IN3O. The molecule has 0 spiro atoms. The van der Waals surface area contributed by atoms with Crippen LogP contribution in [0.4, 0.5) is 19.0 Å². The van der Waals surface area contributed by atoms with Crippen LogP contribution in [0.2, 0.25) is 0 Å². The van der Waals surface area contributed by atoms with E-state index in [9.17, 15) is 13.2 Å². The summed E-state index contributed by atoms with van der Waals surface area (Å²) in [6.45, 7) is 0. The predicted octanol–water partition coefficient (Wildman–Crippen LogP) is 3.93. The molecule has 1 aromatic carbocycles. The second-order valence-electron chi connectivity index (χ2n) is 3.72. The van der Waals surface area contributed by atoms with Gasteiger partial charge in [0.25, 0.3) is 0 Å². The Kier molecular flexibility index (Phi) is 4.31. The van der Waals surface area contributed by atoms with E-state index in [2.05, 4.69) is 37.9 Å². The van der Waals surface area contributed by atoms with Crippen LogP contribution in [-0.2, 0) is 6.18 Å². The van der Waals surface area contributed by atoms with E-state index in [0.717, 1.165) is 3.57 Å². The fraction of sp³-hybridized carbons (Fsp3) is 0.167. The molecule has 1 heterocycles. The lowest BCUT2D eigenvalue weighted by molar-refractivity contribution is -0.145. The van der Waals surface area contributed by atoms with Gasteiger partial charge in [-0.15, -0.1) is 0 Å². The Morgan fingerprint density at radius 3 is 2.55 bits per heavy atom. The summed E-state index contributed by atoms with van der Waals surface area (Å²) in [4.78, 5) is 6.73. The minimum absolute atomic E-state index is 0.0351. The molecule has 8 heteroatoms. The van der Waals surface area contributed by atoms with Crippen LogP contribution in [0.3, 0.4) is 0 Å². The molecule has 2 aromatic rings. The van der Waals surface area contributed by atoms with Crippen molar-refractivity contribution < 1.29 is 17.9 Å². The average Bonchev–Trinajstić information content (AvgIpc) is 2.37. The largest absolute Gasteiger partial charge is 0.451 e. The molecule has 0 saturated carbocycles. The number of nitrogens with zero attached hydrogens (tertiary/aromatic N) is 2. The molecule has 0 radical (unpaired) electrons. The molecule has 20 heavy (non-hydrogen) atoms. The number of rotatable bonds is 3. The third-order valence-corrected chi connectivity index (χ3v) is 2.90. The van der Waals surface area contributed by atoms with Crippen LogP contribution < -0.4 is 10.1 Å². The number of nitrogens with one attached hydrogen (secondary N) is 1. The maximum Gasteiger partial charge on any atom is 0.451 e. The minimum atomic E-state index is -4.63. The van der Waals surface area contributed by atoms with Crippen molar-refractivity contribution in [2.45, 2.75) is 6.18 Å². The highest BCUT2D eigenvalue weighted by molar-refractivity contribution is 14.1. The second kappa shape index (κ2) is 5.81. The van der Waals surface area contributed by atoms with Gasteiger partial charge in [0.1, 0.15) is 11.6 Å². The molecule has 0 unspecified atom stereocenters. The van der Waals surface area contributed by atoms with Crippen molar-refractivity contribution in [2.24, 2.45) is 0 Å². The molecule has 0 amide bonds. The molecule has 0 aliphatic heterocycles. The second-order valence-corrected chi connectivity index (χ2v) is 4.97. The number of aromatic nitrogens is 2. The summed E-state index contributed by atoms with van der Waals surface area (Å²) >= 11 is 2.08. The van der Waals surface area contributed by atoms with Gasteiger partial charge in [-0.1, -0.05) is 6.07 Å². The Morgan fingerprint density at radius 1 is 1.20 bits per heavy atom. The highest BCUT2D eigenvalue weighted by atomic mass is 127. The van der Waals surface area contributed by atoms with E-state index in [-0.39, 0.29) is 11.7 Å². The molecular weight excluding hydrogens is 386 g/mol. The Morgan fingerprint density at radius 2 is 1.95 bits per heavy atom. The first-order valence-corrected chi connectivity index (χ1v) is 6.54. The Labute approximate surface area is 126 Å². The topological polar surface area (TPSA) is 47.0 Å². The quantitative estimate of drug-likeness (QED) is 0.801. The van der Waals surface area contributed by atoms with Crippen molar-refractivity contribution in [2.75, 3.05) is 12.4 Å². The number of halogens is 4. The highest BCUT2D eigenvalue weighted by Crippen LogP contribution is 2.30. The van der Waals surface area contributed by atoms with Crippen molar-refractivity contribution in [1.29, 1.82) is 0 Å². The van der Waals surface area contributed by atoms with E-state index < -0.39 is 12.0 Å².